The van der Waals surface area contributed by atoms with Crippen molar-refractivity contribution < 1.29 is 0 Å². The van der Waals surface area contributed by atoms with Crippen LogP contribution in [-0.4, -0.2) is 60.1 Å². The number of hydrogen-bond acceptors (Lipinski definition) is 5. The Morgan fingerprint density at radius 3 is 2.53 bits per heavy atom. The molecule has 164 valence electrons. The number of piperazine rings is 1. The number of halogens is 1. The van der Waals surface area contributed by atoms with E-state index in [0.717, 1.165) is 71.1 Å². The molecule has 0 bridgehead atoms. The summed E-state index contributed by atoms with van der Waals surface area (Å²) in [6.07, 6.45) is 3.63. The highest BCUT2D eigenvalue weighted by molar-refractivity contribution is 6.36. The lowest BCUT2D eigenvalue weighted by Gasteiger charge is -2.33. The van der Waals surface area contributed by atoms with Gasteiger partial charge in [-0.05, 0) is 49.4 Å². The first-order valence-corrected chi connectivity index (χ1v) is 11.3. The van der Waals surface area contributed by atoms with Crippen LogP contribution in [0, 0.1) is 6.92 Å². The summed E-state index contributed by atoms with van der Waals surface area (Å²) < 4.78 is 0. The molecule has 1 fully saturated rings. The molecule has 0 atom stereocenters. The van der Waals surface area contributed by atoms with Gasteiger partial charge in [-0.1, -0.05) is 23.7 Å². The van der Waals surface area contributed by atoms with Crippen molar-refractivity contribution in [1.82, 2.24) is 19.9 Å². The summed E-state index contributed by atoms with van der Waals surface area (Å²) in [5.41, 5.74) is 7.30. The van der Waals surface area contributed by atoms with E-state index in [-0.39, 0.29) is 0 Å². The first-order chi connectivity index (χ1) is 15.5. The average molecular weight is 447 g/mol. The highest BCUT2D eigenvalue weighted by atomic mass is 35.5. The molecule has 2 N–H and O–H groups in total. The van der Waals surface area contributed by atoms with Crippen molar-refractivity contribution in [2.24, 2.45) is 0 Å². The first-order valence-electron chi connectivity index (χ1n) is 10.9. The van der Waals surface area contributed by atoms with Gasteiger partial charge >= 0.3 is 0 Å². The topological polar surface area (TPSA) is 60.1 Å². The molecule has 5 rings (SSSR count). The Morgan fingerprint density at radius 2 is 1.75 bits per heavy atom. The van der Waals surface area contributed by atoms with Gasteiger partial charge in [0.1, 0.15) is 11.5 Å². The van der Waals surface area contributed by atoms with Gasteiger partial charge in [0.25, 0.3) is 0 Å². The van der Waals surface area contributed by atoms with Crippen molar-refractivity contribution in [3.05, 3.63) is 59.4 Å². The number of aromatic amines is 1. The predicted octanol–water partition coefficient (Wildman–Crippen LogP) is 5.05. The normalized spacial score (nSPS) is 14.8. The van der Waals surface area contributed by atoms with Crippen LogP contribution in [0.15, 0.2) is 48.8 Å². The molecule has 0 unspecified atom stereocenters. The number of nitrogens with one attached hydrogen (secondary N) is 2. The second-order valence-corrected chi connectivity index (χ2v) is 8.77. The molecule has 32 heavy (non-hydrogen) atoms. The number of H-pyrrole nitrogens is 1. The maximum absolute atomic E-state index is 6.68. The van der Waals surface area contributed by atoms with Gasteiger partial charge in [-0.25, -0.2) is 9.97 Å². The van der Waals surface area contributed by atoms with Crippen molar-refractivity contribution in [3.63, 3.8) is 0 Å². The molecule has 1 aromatic carbocycles. The minimum absolute atomic E-state index is 0.687. The molecule has 6 nitrogen and oxygen atoms in total. The molecular formula is C25H27ClN6. The van der Waals surface area contributed by atoms with E-state index in [1.165, 1.54) is 5.56 Å². The second kappa shape index (κ2) is 8.45. The van der Waals surface area contributed by atoms with E-state index in [4.69, 9.17) is 11.6 Å². The lowest BCUT2D eigenvalue weighted by atomic mass is 9.97. The number of anilines is 2. The molecule has 7 heteroatoms. The molecular weight excluding hydrogens is 420 g/mol. The van der Waals surface area contributed by atoms with E-state index in [0.29, 0.717) is 5.02 Å². The molecule has 1 aliphatic heterocycles. The summed E-state index contributed by atoms with van der Waals surface area (Å²) in [6.45, 7) is 6.14. The Morgan fingerprint density at radius 1 is 0.969 bits per heavy atom. The molecule has 0 spiro atoms. The van der Waals surface area contributed by atoms with Crippen molar-refractivity contribution in [2.75, 3.05) is 50.5 Å². The fraction of sp³-hybridized carbons (Fsp3) is 0.280. The van der Waals surface area contributed by atoms with E-state index in [2.05, 4.69) is 74.4 Å². The highest BCUT2D eigenvalue weighted by Gasteiger charge is 2.21. The molecule has 0 saturated carbocycles. The van der Waals surface area contributed by atoms with E-state index >= 15 is 0 Å². The third-order valence-corrected chi connectivity index (χ3v) is 6.62. The Balaban J connectivity index is 1.68. The van der Waals surface area contributed by atoms with Crippen LogP contribution >= 0.6 is 11.6 Å². The standard InChI is InChI=1S/C25H27ClN6/c1-16-4-5-17(14-20(16)27-2)22-23-19(26)7-9-29-25(23)30-24(22)18-6-8-28-21(15-18)32-12-10-31(3)11-13-32/h4-9,14-15,27H,10-13H2,1-3H3,(H,29,30). The third-order valence-electron chi connectivity index (χ3n) is 6.30. The largest absolute Gasteiger partial charge is 0.388 e. The number of likely N-dealkylation sites (N-methyl/N-ethyl adjacent to an activating group) is 1. The van der Waals surface area contributed by atoms with Gasteiger partial charge in [0, 0.05) is 67.8 Å². The van der Waals surface area contributed by atoms with Crippen LogP contribution in [0.5, 0.6) is 0 Å². The summed E-state index contributed by atoms with van der Waals surface area (Å²) in [4.78, 5) is 17.5. The number of fused-ring (bicyclic) bond motifs is 1. The van der Waals surface area contributed by atoms with Gasteiger partial charge in [-0.2, -0.15) is 0 Å². The Labute approximate surface area is 193 Å². The Kier molecular flexibility index (Phi) is 5.49. The molecule has 4 aromatic rings. The molecule has 3 aromatic heterocycles. The number of pyridine rings is 2. The molecule has 0 aliphatic carbocycles. The lowest BCUT2D eigenvalue weighted by Crippen LogP contribution is -2.44. The van der Waals surface area contributed by atoms with Crippen molar-refractivity contribution in [1.29, 1.82) is 0 Å². The van der Waals surface area contributed by atoms with Crippen LogP contribution in [-0.2, 0) is 0 Å². The van der Waals surface area contributed by atoms with Gasteiger partial charge in [0.2, 0.25) is 0 Å². The van der Waals surface area contributed by atoms with Crippen molar-refractivity contribution >= 4 is 34.1 Å². The van der Waals surface area contributed by atoms with Gasteiger partial charge in [0.15, 0.2) is 0 Å². The summed E-state index contributed by atoms with van der Waals surface area (Å²) in [5.74, 6) is 0.999. The monoisotopic (exact) mass is 446 g/mol. The van der Waals surface area contributed by atoms with Crippen molar-refractivity contribution in [3.8, 4) is 22.4 Å². The maximum atomic E-state index is 6.68. The first kappa shape index (κ1) is 20.8. The quantitative estimate of drug-likeness (QED) is 0.459. The smallest absolute Gasteiger partial charge is 0.139 e. The van der Waals surface area contributed by atoms with E-state index in [1.807, 2.05) is 19.3 Å². The van der Waals surface area contributed by atoms with Crippen LogP contribution < -0.4 is 10.2 Å². The Bertz CT molecular complexity index is 1270. The highest BCUT2D eigenvalue weighted by Crippen LogP contribution is 2.42. The minimum atomic E-state index is 0.687. The molecule has 1 aliphatic rings. The van der Waals surface area contributed by atoms with Crippen LogP contribution in [0.3, 0.4) is 0 Å². The fourth-order valence-electron chi connectivity index (χ4n) is 4.41. The zero-order chi connectivity index (χ0) is 22.2. The number of rotatable bonds is 4. The molecule has 0 amide bonds. The third kappa shape index (κ3) is 3.70. The minimum Gasteiger partial charge on any atom is -0.388 e. The lowest BCUT2D eigenvalue weighted by molar-refractivity contribution is 0.312. The van der Waals surface area contributed by atoms with Crippen molar-refractivity contribution in [2.45, 2.75) is 6.92 Å². The summed E-state index contributed by atoms with van der Waals surface area (Å²) >= 11 is 6.68. The van der Waals surface area contributed by atoms with Crippen LogP contribution in [0.25, 0.3) is 33.4 Å². The van der Waals surface area contributed by atoms with Gasteiger partial charge in [-0.3, -0.25) is 0 Å². The summed E-state index contributed by atoms with van der Waals surface area (Å²) in [6, 6.07) is 12.5. The van der Waals surface area contributed by atoms with Crippen LogP contribution in [0.1, 0.15) is 5.56 Å². The molecule has 4 heterocycles. The van der Waals surface area contributed by atoms with Gasteiger partial charge in [0.05, 0.1) is 10.7 Å². The number of hydrogen-bond donors (Lipinski definition) is 2. The van der Waals surface area contributed by atoms with E-state index in [9.17, 15) is 0 Å². The summed E-state index contributed by atoms with van der Waals surface area (Å²) in [7, 11) is 4.11. The number of aryl methyl sites for hydroxylation is 1. The Hall–Kier alpha value is -3.09. The number of benzene rings is 1. The van der Waals surface area contributed by atoms with Crippen LogP contribution in [0.4, 0.5) is 11.5 Å². The van der Waals surface area contributed by atoms with E-state index < -0.39 is 0 Å². The predicted molar refractivity (Wildman–Crippen MR) is 134 cm³/mol. The van der Waals surface area contributed by atoms with Gasteiger partial charge < -0.3 is 20.1 Å². The number of aromatic nitrogens is 3. The fourth-order valence-corrected chi connectivity index (χ4v) is 4.65. The summed E-state index contributed by atoms with van der Waals surface area (Å²) in [5, 5.41) is 4.92. The maximum Gasteiger partial charge on any atom is 0.139 e. The number of nitrogens with zero attached hydrogens (tertiary/aromatic N) is 4. The average Bonchev–Trinajstić information content (AvgIpc) is 3.21. The van der Waals surface area contributed by atoms with Gasteiger partial charge in [-0.15, -0.1) is 0 Å². The molecule has 0 radical (unpaired) electrons. The zero-order valence-electron chi connectivity index (χ0n) is 18.6. The zero-order valence-corrected chi connectivity index (χ0v) is 19.4. The second-order valence-electron chi connectivity index (χ2n) is 8.36. The van der Waals surface area contributed by atoms with E-state index in [1.54, 1.807) is 6.20 Å². The van der Waals surface area contributed by atoms with Crippen LogP contribution in [0.2, 0.25) is 5.02 Å². The molecule has 1 saturated heterocycles. The SMILES string of the molecule is CNc1cc(-c2c(-c3ccnc(N4CCN(C)CC4)c3)[nH]c3nccc(Cl)c23)ccc1C.